The number of hydrogen-bond acceptors (Lipinski definition) is 5. The minimum atomic E-state index is -1.14. The first-order valence-corrected chi connectivity index (χ1v) is 12.9. The van der Waals surface area contributed by atoms with Crippen molar-refractivity contribution in [2.24, 2.45) is 11.8 Å². The van der Waals surface area contributed by atoms with E-state index >= 15 is 0 Å². The van der Waals surface area contributed by atoms with Gasteiger partial charge in [0.05, 0.1) is 11.8 Å². The number of carbonyl (C=O) groups is 4. The number of esters is 1. The first kappa shape index (κ1) is 24.1. The summed E-state index contributed by atoms with van der Waals surface area (Å²) in [5, 5.41) is 2.74. The van der Waals surface area contributed by atoms with Crippen molar-refractivity contribution in [3.8, 4) is 0 Å². The molecule has 0 unspecified atom stereocenters. The van der Waals surface area contributed by atoms with Crippen LogP contribution < -0.4 is 5.32 Å². The van der Waals surface area contributed by atoms with Crippen molar-refractivity contribution in [1.29, 1.82) is 0 Å². The van der Waals surface area contributed by atoms with Gasteiger partial charge < -0.3 is 10.1 Å². The predicted molar refractivity (Wildman–Crippen MR) is 140 cm³/mol. The Morgan fingerprint density at radius 1 is 0.842 bits per heavy atom. The minimum Gasteiger partial charge on any atom is -0.454 e. The van der Waals surface area contributed by atoms with Crippen LogP contribution in [-0.4, -0.2) is 41.2 Å². The Morgan fingerprint density at radius 3 is 1.82 bits per heavy atom. The summed E-state index contributed by atoms with van der Waals surface area (Å²) in [7, 11) is 0. The van der Waals surface area contributed by atoms with Crippen molar-refractivity contribution in [2.45, 2.75) is 38.6 Å². The van der Waals surface area contributed by atoms with Crippen LogP contribution in [0, 0.1) is 25.7 Å². The van der Waals surface area contributed by atoms with Crippen LogP contribution in [0.15, 0.2) is 66.7 Å². The Labute approximate surface area is 220 Å². The lowest BCUT2D eigenvalue weighted by Crippen LogP contribution is -2.45. The van der Waals surface area contributed by atoms with Crippen LogP contribution in [0.3, 0.4) is 0 Å². The van der Waals surface area contributed by atoms with Gasteiger partial charge >= 0.3 is 5.97 Å². The average Bonchev–Trinajstić information content (AvgIpc) is 3.18. The zero-order valence-electron chi connectivity index (χ0n) is 21.4. The molecule has 3 aromatic rings. The third-order valence-corrected chi connectivity index (χ3v) is 8.21. The number of benzene rings is 3. The highest BCUT2D eigenvalue weighted by Gasteiger charge is 2.62. The largest absolute Gasteiger partial charge is 0.454 e. The van der Waals surface area contributed by atoms with Crippen LogP contribution in [-0.2, 0) is 23.9 Å². The maximum atomic E-state index is 13.8. The number of imide groups is 1. The molecule has 3 aliphatic carbocycles. The molecule has 7 rings (SSSR count). The van der Waals surface area contributed by atoms with E-state index in [1.54, 1.807) is 6.07 Å². The van der Waals surface area contributed by atoms with Crippen molar-refractivity contribution in [3.63, 3.8) is 0 Å². The number of likely N-dealkylation sites (tertiary alicyclic amines) is 1. The monoisotopic (exact) mass is 508 g/mol. The van der Waals surface area contributed by atoms with Crippen LogP contribution in [0.25, 0.3) is 0 Å². The van der Waals surface area contributed by atoms with Gasteiger partial charge in [-0.1, -0.05) is 66.2 Å². The quantitative estimate of drug-likeness (QED) is 0.414. The summed E-state index contributed by atoms with van der Waals surface area (Å²) in [6, 6.07) is 20.4. The van der Waals surface area contributed by atoms with Crippen LogP contribution in [0.2, 0.25) is 0 Å². The van der Waals surface area contributed by atoms with E-state index in [-0.39, 0.29) is 23.7 Å². The fourth-order valence-corrected chi connectivity index (χ4v) is 6.58. The molecule has 1 saturated heterocycles. The van der Waals surface area contributed by atoms with Gasteiger partial charge in [-0.05, 0) is 54.7 Å². The Hall–Kier alpha value is -4.26. The highest BCUT2D eigenvalue weighted by Crippen LogP contribution is 2.61. The Morgan fingerprint density at radius 2 is 1.34 bits per heavy atom. The van der Waals surface area contributed by atoms with Crippen molar-refractivity contribution in [2.75, 3.05) is 11.9 Å². The molecule has 3 atom stereocenters. The zero-order valence-corrected chi connectivity index (χ0v) is 21.4. The van der Waals surface area contributed by atoms with Gasteiger partial charge in [0.25, 0.3) is 5.91 Å². The van der Waals surface area contributed by atoms with Gasteiger partial charge in [-0.15, -0.1) is 0 Å². The molecule has 38 heavy (non-hydrogen) atoms. The second-order valence-corrected chi connectivity index (χ2v) is 10.5. The van der Waals surface area contributed by atoms with E-state index in [1.165, 1.54) is 6.92 Å². The third-order valence-electron chi connectivity index (χ3n) is 8.21. The fourth-order valence-electron chi connectivity index (χ4n) is 6.58. The van der Waals surface area contributed by atoms with Gasteiger partial charge in [0.1, 0.15) is 6.04 Å². The molecule has 1 fully saturated rings. The molecule has 0 saturated carbocycles. The molecule has 0 radical (unpaired) electrons. The highest BCUT2D eigenvalue weighted by molar-refractivity contribution is 6.10. The van der Waals surface area contributed by atoms with Gasteiger partial charge in [-0.3, -0.25) is 19.3 Å². The van der Waals surface area contributed by atoms with Gasteiger partial charge in [-0.2, -0.15) is 0 Å². The fraction of sp³-hybridized carbons (Fsp3) is 0.290. The number of aryl methyl sites for hydroxylation is 2. The maximum Gasteiger partial charge on any atom is 0.329 e. The second kappa shape index (κ2) is 8.94. The summed E-state index contributed by atoms with van der Waals surface area (Å²) in [5.41, 5.74) is 6.87. The molecule has 4 aliphatic rings. The van der Waals surface area contributed by atoms with Crippen molar-refractivity contribution in [3.05, 3.63) is 100 Å². The summed E-state index contributed by atoms with van der Waals surface area (Å²) < 4.78 is 5.26. The molecular formula is C31H28N2O5. The third kappa shape index (κ3) is 3.56. The van der Waals surface area contributed by atoms with Crippen molar-refractivity contribution < 1.29 is 23.9 Å². The van der Waals surface area contributed by atoms with E-state index in [2.05, 4.69) is 5.32 Å². The Balaban J connectivity index is 1.21. The Kier molecular flexibility index (Phi) is 5.67. The van der Waals surface area contributed by atoms with Gasteiger partial charge in [0, 0.05) is 17.5 Å². The van der Waals surface area contributed by atoms with E-state index in [0.717, 1.165) is 38.3 Å². The van der Waals surface area contributed by atoms with Crippen LogP contribution in [0.1, 0.15) is 52.1 Å². The number of nitrogens with one attached hydrogen (secondary N) is 1. The molecule has 1 aliphatic heterocycles. The molecular weight excluding hydrogens is 480 g/mol. The van der Waals surface area contributed by atoms with Crippen molar-refractivity contribution in [1.82, 2.24) is 4.90 Å². The van der Waals surface area contributed by atoms with Crippen LogP contribution >= 0.6 is 0 Å². The first-order valence-electron chi connectivity index (χ1n) is 12.9. The number of anilines is 1. The molecule has 3 aromatic carbocycles. The minimum absolute atomic E-state index is 0.245. The second-order valence-electron chi connectivity index (χ2n) is 10.5. The predicted octanol–water partition coefficient (Wildman–Crippen LogP) is 4.07. The van der Waals surface area contributed by atoms with E-state index in [1.807, 2.05) is 74.5 Å². The van der Waals surface area contributed by atoms with Crippen LogP contribution in [0.4, 0.5) is 5.69 Å². The SMILES string of the molecule is Cc1ccc(NC(=O)COC(=O)[C@H](C)N2C(=O)[C@H]3C4c5ccccc5C(c5ccccc54)[C@@H]3C2=O)c(C)c1. The lowest BCUT2D eigenvalue weighted by molar-refractivity contribution is -0.159. The number of carbonyl (C=O) groups excluding carboxylic acids is 4. The number of ether oxygens (including phenoxy) is 1. The first-order chi connectivity index (χ1) is 18.3. The summed E-state index contributed by atoms with van der Waals surface area (Å²) in [5.74, 6) is -3.62. The molecule has 1 heterocycles. The summed E-state index contributed by atoms with van der Waals surface area (Å²) in [6.45, 7) is 4.81. The average molecular weight is 509 g/mol. The number of nitrogens with zero attached hydrogens (tertiary/aromatic N) is 1. The Bertz CT molecular complexity index is 1400. The molecule has 0 spiro atoms. The molecule has 2 bridgehead atoms. The van der Waals surface area contributed by atoms with E-state index in [4.69, 9.17) is 4.74 Å². The van der Waals surface area contributed by atoms with E-state index in [9.17, 15) is 19.2 Å². The summed E-state index contributed by atoms with van der Waals surface area (Å²) >= 11 is 0. The standard InChI is InChI=1S/C31H28N2O5/c1-16-12-13-23(17(2)14-16)32-24(34)15-38-31(37)18(3)33-29(35)27-25-19-8-4-5-9-20(19)26(28(27)30(33)36)22-11-7-6-10-21(22)25/h4-14,18,25-28H,15H2,1-3H3,(H,32,34)/t18-,25?,26?,27-,28-/m0/s1. The molecule has 1 N–H and O–H groups in total. The smallest absolute Gasteiger partial charge is 0.329 e. The number of rotatable bonds is 5. The summed E-state index contributed by atoms with van der Waals surface area (Å²) in [4.78, 5) is 54.0. The lowest BCUT2D eigenvalue weighted by atomic mass is 9.55. The van der Waals surface area contributed by atoms with E-state index in [0.29, 0.717) is 5.69 Å². The van der Waals surface area contributed by atoms with Gasteiger partial charge in [0.15, 0.2) is 6.61 Å². The molecule has 3 amide bonds. The summed E-state index contributed by atoms with van der Waals surface area (Å²) in [6.07, 6.45) is 0. The van der Waals surface area contributed by atoms with Crippen molar-refractivity contribution >= 4 is 29.4 Å². The molecule has 192 valence electrons. The highest BCUT2D eigenvalue weighted by atomic mass is 16.5. The van der Waals surface area contributed by atoms with Gasteiger partial charge in [0.2, 0.25) is 11.8 Å². The van der Waals surface area contributed by atoms with Crippen LogP contribution in [0.5, 0.6) is 0 Å². The van der Waals surface area contributed by atoms with E-state index < -0.39 is 36.4 Å². The lowest BCUT2D eigenvalue weighted by Gasteiger charge is -2.45. The molecule has 7 heteroatoms. The normalized spacial score (nSPS) is 23.4. The molecule has 7 nitrogen and oxygen atoms in total. The topological polar surface area (TPSA) is 92.8 Å². The maximum absolute atomic E-state index is 13.8. The molecule has 0 aromatic heterocycles. The van der Waals surface area contributed by atoms with Gasteiger partial charge in [-0.25, -0.2) is 4.79 Å². The zero-order chi connectivity index (χ0) is 26.7. The number of hydrogen-bond donors (Lipinski definition) is 1. The number of amides is 3.